The lowest BCUT2D eigenvalue weighted by atomic mass is 9.80. The minimum atomic E-state index is -0.489. The fraction of sp³-hybridized carbons (Fsp3) is 0.125. The molecule has 0 aliphatic heterocycles. The van der Waals surface area contributed by atoms with Gasteiger partial charge in [-0.3, -0.25) is 9.59 Å². The molecule has 0 saturated carbocycles. The Bertz CT molecular complexity index is 808. The average Bonchev–Trinajstić information content (AvgIpc) is 2.44. The van der Waals surface area contributed by atoms with Gasteiger partial charge in [-0.05, 0) is 18.1 Å². The molecular formula is C16H13NO4. The second-order valence-electron chi connectivity index (χ2n) is 4.92. The highest BCUT2D eigenvalue weighted by atomic mass is 16.3. The van der Waals surface area contributed by atoms with Crippen LogP contribution >= 0.6 is 0 Å². The molecule has 0 fully saturated rings. The third-order valence-corrected chi connectivity index (χ3v) is 3.77. The molecular weight excluding hydrogens is 270 g/mol. The Kier molecular flexibility index (Phi) is 2.73. The Morgan fingerprint density at radius 2 is 1.71 bits per heavy atom. The molecule has 4 N–H and O–H groups in total. The van der Waals surface area contributed by atoms with Gasteiger partial charge in [-0.25, -0.2) is 0 Å². The molecule has 0 bridgehead atoms. The minimum absolute atomic E-state index is 0.0327. The number of nitrogens with two attached hydrogens (primary N) is 1. The predicted molar refractivity (Wildman–Crippen MR) is 76.9 cm³/mol. The molecule has 1 aliphatic carbocycles. The number of rotatable bonds is 1. The zero-order valence-electron chi connectivity index (χ0n) is 11.3. The summed E-state index contributed by atoms with van der Waals surface area (Å²) >= 11 is 0. The van der Waals surface area contributed by atoms with Gasteiger partial charge in [0.15, 0.2) is 11.6 Å². The van der Waals surface area contributed by atoms with Crippen molar-refractivity contribution in [2.24, 2.45) is 0 Å². The van der Waals surface area contributed by atoms with Gasteiger partial charge in [-0.15, -0.1) is 0 Å². The topological polar surface area (TPSA) is 101 Å². The number of aromatic hydroxyl groups is 2. The average molecular weight is 283 g/mol. The largest absolute Gasteiger partial charge is 0.507 e. The summed E-state index contributed by atoms with van der Waals surface area (Å²) in [4.78, 5) is 25.2. The summed E-state index contributed by atoms with van der Waals surface area (Å²) in [6, 6.07) is 5.59. The Labute approximate surface area is 120 Å². The van der Waals surface area contributed by atoms with Crippen LogP contribution in [0.15, 0.2) is 24.3 Å². The fourth-order valence-electron chi connectivity index (χ4n) is 2.82. The maximum Gasteiger partial charge on any atom is 0.198 e. The van der Waals surface area contributed by atoms with Gasteiger partial charge in [0.05, 0.1) is 11.1 Å². The molecule has 21 heavy (non-hydrogen) atoms. The first-order valence-electron chi connectivity index (χ1n) is 6.53. The summed E-state index contributed by atoms with van der Waals surface area (Å²) in [7, 11) is 0. The first-order chi connectivity index (χ1) is 9.97. The number of hydrogen-bond donors (Lipinski definition) is 3. The minimum Gasteiger partial charge on any atom is -0.507 e. The van der Waals surface area contributed by atoms with Crippen LogP contribution in [0.5, 0.6) is 11.5 Å². The van der Waals surface area contributed by atoms with Crippen LogP contribution in [-0.4, -0.2) is 21.8 Å². The van der Waals surface area contributed by atoms with Crippen LogP contribution < -0.4 is 5.73 Å². The Morgan fingerprint density at radius 1 is 1.00 bits per heavy atom. The monoisotopic (exact) mass is 283 g/mol. The van der Waals surface area contributed by atoms with E-state index in [1.807, 2.05) is 0 Å². The Balaban J connectivity index is 2.44. The van der Waals surface area contributed by atoms with Crippen molar-refractivity contribution >= 4 is 17.3 Å². The normalized spacial score (nSPS) is 13.0. The summed E-state index contributed by atoms with van der Waals surface area (Å²) in [5.74, 6) is -1.53. The van der Waals surface area contributed by atoms with Gasteiger partial charge in [0.1, 0.15) is 11.5 Å². The lowest BCUT2D eigenvalue weighted by Crippen LogP contribution is -2.23. The summed E-state index contributed by atoms with van der Waals surface area (Å²) in [6.07, 6.45) is 0.441. The standard InChI is InChI=1S/C16H13NO4/c1-2-7-9(17)6-11(19)14-13(7)16(21)12-8(15(14)20)4-3-5-10(12)18/h3-6,18-19H,2,17H2,1H3. The molecule has 2 aromatic rings. The van der Waals surface area contributed by atoms with Gasteiger partial charge in [0, 0.05) is 22.9 Å². The SMILES string of the molecule is CCc1c(N)cc(O)c2c1C(=O)c1c(O)cccc1C2=O. The quantitative estimate of drug-likeness (QED) is 0.593. The van der Waals surface area contributed by atoms with E-state index in [1.165, 1.54) is 24.3 Å². The van der Waals surface area contributed by atoms with Crippen LogP contribution in [-0.2, 0) is 6.42 Å². The Morgan fingerprint density at radius 3 is 2.38 bits per heavy atom. The van der Waals surface area contributed by atoms with Crippen LogP contribution in [0.3, 0.4) is 0 Å². The maximum atomic E-state index is 12.7. The number of nitrogen functional groups attached to an aromatic ring is 1. The number of ketones is 2. The molecule has 0 aromatic heterocycles. The van der Waals surface area contributed by atoms with Crippen molar-refractivity contribution in [3.8, 4) is 11.5 Å². The lowest BCUT2D eigenvalue weighted by Gasteiger charge is -2.22. The zero-order valence-corrected chi connectivity index (χ0v) is 11.3. The number of carbonyl (C=O) groups excluding carboxylic acids is 2. The van der Waals surface area contributed by atoms with Gasteiger partial charge >= 0.3 is 0 Å². The van der Waals surface area contributed by atoms with Crippen LogP contribution in [0.4, 0.5) is 5.69 Å². The summed E-state index contributed by atoms with van der Waals surface area (Å²) in [6.45, 7) is 1.81. The molecule has 0 amide bonds. The van der Waals surface area contributed by atoms with Gasteiger partial charge in [0.25, 0.3) is 0 Å². The van der Waals surface area contributed by atoms with E-state index in [2.05, 4.69) is 0 Å². The van der Waals surface area contributed by atoms with Gasteiger partial charge in [0.2, 0.25) is 0 Å². The van der Waals surface area contributed by atoms with Crippen LogP contribution in [0.1, 0.15) is 44.3 Å². The summed E-state index contributed by atoms with van der Waals surface area (Å²) in [5, 5.41) is 19.9. The second-order valence-corrected chi connectivity index (χ2v) is 4.92. The second kappa shape index (κ2) is 4.34. The number of phenols is 2. The van der Waals surface area contributed by atoms with Crippen molar-refractivity contribution in [3.63, 3.8) is 0 Å². The van der Waals surface area contributed by atoms with Crippen LogP contribution in [0, 0.1) is 0 Å². The third kappa shape index (κ3) is 1.64. The molecule has 106 valence electrons. The highest BCUT2D eigenvalue weighted by Gasteiger charge is 2.36. The van der Waals surface area contributed by atoms with E-state index in [0.29, 0.717) is 12.0 Å². The first-order valence-corrected chi connectivity index (χ1v) is 6.53. The summed E-state index contributed by atoms with van der Waals surface area (Å²) < 4.78 is 0. The van der Waals surface area contributed by atoms with Gasteiger partial charge in [-0.2, -0.15) is 0 Å². The molecule has 0 spiro atoms. The zero-order chi connectivity index (χ0) is 15.3. The maximum absolute atomic E-state index is 12.7. The molecule has 5 nitrogen and oxygen atoms in total. The smallest absolute Gasteiger partial charge is 0.198 e. The molecule has 0 saturated heterocycles. The summed E-state index contributed by atoms with van der Waals surface area (Å²) in [5.41, 5.74) is 6.72. The number of fused-ring (bicyclic) bond motifs is 2. The van der Waals surface area contributed by atoms with Crippen LogP contribution in [0.2, 0.25) is 0 Å². The van der Waals surface area contributed by atoms with E-state index < -0.39 is 11.6 Å². The Hall–Kier alpha value is -2.82. The van der Waals surface area contributed by atoms with E-state index in [4.69, 9.17) is 5.73 Å². The molecule has 0 heterocycles. The molecule has 3 rings (SSSR count). The van der Waals surface area contributed by atoms with Crippen molar-refractivity contribution in [1.29, 1.82) is 0 Å². The highest BCUT2D eigenvalue weighted by Crippen LogP contribution is 2.40. The number of phenolic OH excluding ortho intramolecular Hbond substituents is 2. The molecule has 5 heteroatoms. The van der Waals surface area contributed by atoms with E-state index in [1.54, 1.807) is 6.92 Å². The first kappa shape index (κ1) is 13.2. The number of hydrogen-bond acceptors (Lipinski definition) is 5. The van der Waals surface area contributed by atoms with E-state index >= 15 is 0 Å². The molecule has 2 aromatic carbocycles. The van der Waals surface area contributed by atoms with Crippen molar-refractivity contribution in [2.75, 3.05) is 5.73 Å². The van der Waals surface area contributed by atoms with Gasteiger partial charge in [-0.1, -0.05) is 19.1 Å². The molecule has 0 atom stereocenters. The lowest BCUT2D eigenvalue weighted by molar-refractivity contribution is 0.0973. The van der Waals surface area contributed by atoms with E-state index in [0.717, 1.165) is 0 Å². The molecule has 0 unspecified atom stereocenters. The van der Waals surface area contributed by atoms with Crippen molar-refractivity contribution in [3.05, 3.63) is 52.1 Å². The number of benzene rings is 2. The van der Waals surface area contributed by atoms with E-state index in [-0.39, 0.29) is 39.4 Å². The predicted octanol–water partition coefficient (Wildman–Crippen LogP) is 2.02. The van der Waals surface area contributed by atoms with Crippen molar-refractivity contribution < 1.29 is 19.8 Å². The third-order valence-electron chi connectivity index (χ3n) is 3.77. The molecule has 0 radical (unpaired) electrons. The molecule has 1 aliphatic rings. The van der Waals surface area contributed by atoms with E-state index in [9.17, 15) is 19.8 Å². The van der Waals surface area contributed by atoms with Crippen molar-refractivity contribution in [2.45, 2.75) is 13.3 Å². The number of anilines is 1. The van der Waals surface area contributed by atoms with Crippen molar-refractivity contribution in [1.82, 2.24) is 0 Å². The number of carbonyl (C=O) groups is 2. The fourth-order valence-corrected chi connectivity index (χ4v) is 2.82. The van der Waals surface area contributed by atoms with Gasteiger partial charge < -0.3 is 15.9 Å². The van der Waals surface area contributed by atoms with Crippen LogP contribution in [0.25, 0.3) is 0 Å². The highest BCUT2D eigenvalue weighted by molar-refractivity contribution is 6.31.